The third-order valence-electron chi connectivity index (χ3n) is 5.25. The van der Waals surface area contributed by atoms with Gasteiger partial charge >= 0.3 is 6.18 Å². The number of carbonyl (C=O) groups is 1. The van der Waals surface area contributed by atoms with Crippen LogP contribution in [0, 0.1) is 6.92 Å². The van der Waals surface area contributed by atoms with Crippen molar-refractivity contribution in [3.8, 4) is 0 Å². The molecule has 5 N–H and O–H groups in total. The van der Waals surface area contributed by atoms with Gasteiger partial charge in [-0.3, -0.25) is 9.79 Å². The Morgan fingerprint density at radius 2 is 2.03 bits per heavy atom. The smallest absolute Gasteiger partial charge is 0.396 e. The predicted molar refractivity (Wildman–Crippen MR) is 116 cm³/mol. The van der Waals surface area contributed by atoms with Gasteiger partial charge in [-0.2, -0.15) is 13.2 Å². The zero-order valence-corrected chi connectivity index (χ0v) is 17.7. The molecule has 1 amide bonds. The van der Waals surface area contributed by atoms with Gasteiger partial charge in [-0.05, 0) is 31.9 Å². The van der Waals surface area contributed by atoms with Crippen molar-refractivity contribution in [2.24, 2.45) is 10.7 Å². The highest BCUT2D eigenvalue weighted by Gasteiger charge is 2.29. The molecule has 1 aliphatic rings. The number of aromatic nitrogens is 2. The lowest BCUT2D eigenvalue weighted by Crippen LogP contribution is -2.38. The van der Waals surface area contributed by atoms with E-state index in [1.807, 2.05) is 18.3 Å². The number of fused-ring (bicyclic) bond motifs is 1. The van der Waals surface area contributed by atoms with E-state index < -0.39 is 18.6 Å². The van der Waals surface area contributed by atoms with Crippen LogP contribution in [0.5, 0.6) is 0 Å². The minimum Gasteiger partial charge on any atom is -0.396 e. The number of halogens is 3. The van der Waals surface area contributed by atoms with Gasteiger partial charge in [0.2, 0.25) is 5.82 Å². The van der Waals surface area contributed by atoms with Gasteiger partial charge in [0.1, 0.15) is 12.4 Å². The number of alkyl halides is 3. The van der Waals surface area contributed by atoms with Crippen LogP contribution in [0.1, 0.15) is 48.3 Å². The number of aliphatic imine (C=N–C) groups is 1. The van der Waals surface area contributed by atoms with E-state index in [4.69, 9.17) is 10.8 Å². The first kappa shape index (κ1) is 23.7. The number of anilines is 1. The molecule has 2 atom stereocenters. The Hall–Kier alpha value is -2.95. The topological polar surface area (TPSA) is 126 Å². The molecule has 174 valence electrons. The standard InChI is InChI=1S/C21H27F3N6O2/c1-12-6-7-14-13(10-12)18(30-19(28-14)20(32)26-11-21(22,23)24)29-16-5-3-2-4-15(16)27-17(25)8-9-31/h6-7,10,15-16,31H,2-5,8-9,11H2,1H3,(H2,25,27)(H,26,32)(H,28,29,30)/t15-,16+/m1/s1. The molecule has 2 aromatic rings. The van der Waals surface area contributed by atoms with Crippen LogP contribution in [0.4, 0.5) is 19.0 Å². The highest BCUT2D eigenvalue weighted by atomic mass is 19.4. The first-order valence-corrected chi connectivity index (χ1v) is 10.5. The zero-order valence-electron chi connectivity index (χ0n) is 17.7. The lowest BCUT2D eigenvalue weighted by molar-refractivity contribution is -0.123. The van der Waals surface area contributed by atoms with Crippen LogP contribution >= 0.6 is 0 Å². The van der Waals surface area contributed by atoms with Crippen LogP contribution in [0.3, 0.4) is 0 Å². The van der Waals surface area contributed by atoms with Gasteiger partial charge in [0.15, 0.2) is 0 Å². The molecule has 1 aromatic carbocycles. The maximum Gasteiger partial charge on any atom is 0.405 e. The van der Waals surface area contributed by atoms with E-state index in [0.717, 1.165) is 31.2 Å². The normalized spacial score (nSPS) is 19.7. The van der Waals surface area contributed by atoms with Gasteiger partial charge < -0.3 is 21.5 Å². The van der Waals surface area contributed by atoms with Crippen LogP contribution in [-0.4, -0.2) is 58.2 Å². The summed E-state index contributed by atoms with van der Waals surface area (Å²) in [5.41, 5.74) is 7.30. The van der Waals surface area contributed by atoms with Gasteiger partial charge in [-0.25, -0.2) is 9.97 Å². The van der Waals surface area contributed by atoms with E-state index in [0.29, 0.717) is 22.6 Å². The molecule has 11 heteroatoms. The number of benzene rings is 1. The Balaban J connectivity index is 1.93. The van der Waals surface area contributed by atoms with Crippen LogP contribution < -0.4 is 16.4 Å². The number of aliphatic hydroxyl groups is 1. The van der Waals surface area contributed by atoms with E-state index in [1.165, 1.54) is 0 Å². The summed E-state index contributed by atoms with van der Waals surface area (Å²) < 4.78 is 37.5. The SMILES string of the molecule is Cc1ccc2nc(C(=O)NCC(F)(F)F)nc(N[C@H]3CCCC[C@H]3N=C(N)CCO)c2c1. The van der Waals surface area contributed by atoms with Crippen molar-refractivity contribution >= 4 is 28.5 Å². The van der Waals surface area contributed by atoms with Crippen LogP contribution in [0.2, 0.25) is 0 Å². The van der Waals surface area contributed by atoms with Gasteiger partial charge in [-0.1, -0.05) is 24.5 Å². The largest absolute Gasteiger partial charge is 0.405 e. The third-order valence-corrected chi connectivity index (χ3v) is 5.25. The molecule has 3 rings (SSSR count). The summed E-state index contributed by atoms with van der Waals surface area (Å²) >= 11 is 0. The molecule has 32 heavy (non-hydrogen) atoms. The maximum absolute atomic E-state index is 12.5. The zero-order chi connectivity index (χ0) is 23.3. The van der Waals surface area contributed by atoms with E-state index in [2.05, 4.69) is 20.3 Å². The second kappa shape index (κ2) is 10.1. The van der Waals surface area contributed by atoms with Gasteiger partial charge in [-0.15, -0.1) is 0 Å². The van der Waals surface area contributed by atoms with Crippen LogP contribution in [-0.2, 0) is 0 Å². The van der Waals surface area contributed by atoms with E-state index in [-0.39, 0.29) is 30.9 Å². The number of carbonyl (C=O) groups excluding carboxylic acids is 1. The summed E-state index contributed by atoms with van der Waals surface area (Å²) in [6.45, 7) is 0.344. The summed E-state index contributed by atoms with van der Waals surface area (Å²) in [5, 5.41) is 14.9. The number of nitrogens with two attached hydrogens (primary N) is 1. The Bertz CT molecular complexity index is 995. The second-order valence-corrected chi connectivity index (χ2v) is 7.91. The number of nitrogens with zero attached hydrogens (tertiary/aromatic N) is 3. The number of aliphatic hydroxyl groups excluding tert-OH is 1. The van der Waals surface area contributed by atoms with E-state index >= 15 is 0 Å². The summed E-state index contributed by atoms with van der Waals surface area (Å²) in [5.74, 6) is -0.618. The summed E-state index contributed by atoms with van der Waals surface area (Å²) in [4.78, 5) is 25.3. The fourth-order valence-corrected chi connectivity index (χ4v) is 3.72. The van der Waals surface area contributed by atoms with Crippen molar-refractivity contribution in [2.75, 3.05) is 18.5 Å². The highest BCUT2D eigenvalue weighted by molar-refractivity contribution is 5.96. The van der Waals surface area contributed by atoms with Crippen molar-refractivity contribution in [1.82, 2.24) is 15.3 Å². The number of rotatable bonds is 7. The molecule has 0 spiro atoms. The number of amides is 1. The first-order chi connectivity index (χ1) is 15.2. The van der Waals surface area contributed by atoms with Gasteiger partial charge in [0.05, 0.1) is 24.0 Å². The maximum atomic E-state index is 12.5. The lowest BCUT2D eigenvalue weighted by Gasteiger charge is -2.30. The van der Waals surface area contributed by atoms with Crippen molar-refractivity contribution < 1.29 is 23.1 Å². The fourth-order valence-electron chi connectivity index (χ4n) is 3.72. The molecule has 1 heterocycles. The quantitative estimate of drug-likeness (QED) is 0.378. The number of hydrogen-bond acceptors (Lipinski definition) is 6. The average Bonchev–Trinajstić information content (AvgIpc) is 2.73. The minimum atomic E-state index is -4.54. The van der Waals surface area contributed by atoms with E-state index in [9.17, 15) is 18.0 Å². The third kappa shape index (κ3) is 6.28. The van der Waals surface area contributed by atoms with Crippen molar-refractivity contribution in [3.05, 3.63) is 29.6 Å². The summed E-state index contributed by atoms with van der Waals surface area (Å²) in [7, 11) is 0. The number of amidine groups is 1. The van der Waals surface area contributed by atoms with Gasteiger partial charge in [0.25, 0.3) is 5.91 Å². The fraction of sp³-hybridized carbons (Fsp3) is 0.524. The Morgan fingerprint density at radius 1 is 1.28 bits per heavy atom. The molecule has 0 unspecified atom stereocenters. The summed E-state index contributed by atoms with van der Waals surface area (Å²) in [6.07, 6.45) is -0.731. The monoisotopic (exact) mass is 452 g/mol. The molecule has 0 radical (unpaired) electrons. The molecular formula is C21H27F3N6O2. The Labute approximate surface area is 183 Å². The molecule has 1 aliphatic carbocycles. The van der Waals surface area contributed by atoms with Crippen LogP contribution in [0.15, 0.2) is 23.2 Å². The minimum absolute atomic E-state index is 0.0909. The molecule has 1 fully saturated rings. The Kier molecular flexibility index (Phi) is 7.49. The molecule has 1 aromatic heterocycles. The highest BCUT2D eigenvalue weighted by Crippen LogP contribution is 2.28. The van der Waals surface area contributed by atoms with Crippen LogP contribution in [0.25, 0.3) is 10.9 Å². The average molecular weight is 452 g/mol. The number of aryl methyl sites for hydroxylation is 1. The molecule has 1 saturated carbocycles. The van der Waals surface area contributed by atoms with Gasteiger partial charge in [0, 0.05) is 17.8 Å². The number of nitrogens with one attached hydrogen (secondary N) is 2. The molecule has 0 aliphatic heterocycles. The first-order valence-electron chi connectivity index (χ1n) is 10.5. The molecule has 0 bridgehead atoms. The lowest BCUT2D eigenvalue weighted by atomic mass is 9.90. The number of hydrogen-bond donors (Lipinski definition) is 4. The van der Waals surface area contributed by atoms with Crippen molar-refractivity contribution in [2.45, 2.75) is 57.3 Å². The molecule has 8 nitrogen and oxygen atoms in total. The predicted octanol–water partition coefficient (Wildman–Crippen LogP) is 2.69. The van der Waals surface area contributed by atoms with Crippen molar-refractivity contribution in [1.29, 1.82) is 0 Å². The molecule has 0 saturated heterocycles. The second-order valence-electron chi connectivity index (χ2n) is 7.91. The van der Waals surface area contributed by atoms with Crippen molar-refractivity contribution in [3.63, 3.8) is 0 Å². The van der Waals surface area contributed by atoms with E-state index in [1.54, 1.807) is 12.1 Å². The molecular weight excluding hydrogens is 425 g/mol. The Morgan fingerprint density at radius 3 is 2.75 bits per heavy atom. The summed E-state index contributed by atoms with van der Waals surface area (Å²) in [6, 6.07) is 5.09.